The lowest BCUT2D eigenvalue weighted by atomic mass is 10.0. The van der Waals surface area contributed by atoms with Gasteiger partial charge in [-0.15, -0.1) is 0 Å². The van der Waals surface area contributed by atoms with Crippen LogP contribution in [-0.2, 0) is 13.1 Å². The van der Waals surface area contributed by atoms with Crippen molar-refractivity contribution < 1.29 is 9.90 Å². The molecule has 0 aliphatic heterocycles. The monoisotopic (exact) mass is 740 g/mol. The summed E-state index contributed by atoms with van der Waals surface area (Å²) in [6.45, 7) is 8.98. The molecule has 0 aliphatic rings. The minimum absolute atomic E-state index is 0.0496. The van der Waals surface area contributed by atoms with E-state index in [0.717, 1.165) is 41.2 Å². The number of aromatic nitrogens is 8. The zero-order chi connectivity index (χ0) is 33.7. The van der Waals surface area contributed by atoms with E-state index in [1.165, 1.54) is 6.20 Å². The van der Waals surface area contributed by atoms with Crippen LogP contribution >= 0.6 is 69.6 Å². The van der Waals surface area contributed by atoms with Gasteiger partial charge in [0, 0.05) is 47.4 Å². The minimum Gasteiger partial charge on any atom is -0.382 e. The molecule has 0 spiro atoms. The van der Waals surface area contributed by atoms with Crippen LogP contribution in [0.25, 0.3) is 21.8 Å². The van der Waals surface area contributed by atoms with E-state index in [0.29, 0.717) is 42.9 Å². The molecule has 6 rings (SSSR count). The van der Waals surface area contributed by atoms with Crippen LogP contribution in [0, 0.1) is 13.8 Å². The molecule has 0 fully saturated rings. The molecule has 1 unspecified atom stereocenters. The first-order valence-electron chi connectivity index (χ1n) is 13.7. The lowest BCUT2D eigenvalue weighted by Crippen LogP contribution is -2.07. The number of nitrogens with zero attached hydrogens (tertiary/aromatic N) is 8. The summed E-state index contributed by atoms with van der Waals surface area (Å²) in [5.41, 5.74) is 3.99. The number of rotatable bonds is 5. The van der Waals surface area contributed by atoms with E-state index in [-0.39, 0.29) is 16.0 Å². The van der Waals surface area contributed by atoms with Gasteiger partial charge in [-0.3, -0.25) is 19.1 Å². The molecule has 240 valence electrons. The third-order valence-electron chi connectivity index (χ3n) is 6.59. The molecule has 2 aromatic carbocycles. The molecule has 0 saturated carbocycles. The molecular weight excluding hydrogens is 717 g/mol. The molecule has 0 bridgehead atoms. The third-order valence-corrected chi connectivity index (χ3v) is 8.61. The fraction of sp³-hybridized carbons (Fsp3) is 0.233. The number of hydrogen-bond donors (Lipinski definition) is 1. The zero-order valence-corrected chi connectivity index (χ0v) is 29.3. The largest absolute Gasteiger partial charge is 0.382 e. The van der Waals surface area contributed by atoms with Crippen molar-refractivity contribution in [2.75, 3.05) is 0 Å². The van der Waals surface area contributed by atoms with Gasteiger partial charge in [0.05, 0.1) is 38.7 Å². The van der Waals surface area contributed by atoms with Crippen molar-refractivity contribution in [3.63, 3.8) is 0 Å². The van der Waals surface area contributed by atoms with Crippen LogP contribution in [0.3, 0.4) is 0 Å². The number of benzene rings is 2. The highest BCUT2D eigenvalue weighted by atomic mass is 35.5. The maximum absolute atomic E-state index is 10.7. The van der Waals surface area contributed by atoms with Gasteiger partial charge in [-0.1, -0.05) is 75.7 Å². The summed E-state index contributed by atoms with van der Waals surface area (Å²) in [6, 6.07) is 7.00. The van der Waals surface area contributed by atoms with Gasteiger partial charge in [0.2, 0.25) is 0 Å². The number of carbonyl (C=O) groups excluding carboxylic acids is 1. The lowest BCUT2D eigenvalue weighted by Gasteiger charge is -2.14. The SMILES string of the molecule is CCn1cc2c(Cl)c(C(O)c3nc(C)c(Cl)nc3Cl)ccc2n1.CCn1cc2c(Cl)c(C=O)ccc2n1.Cc1ncc(Cl)nc1Cl. The number of aldehydes is 1. The summed E-state index contributed by atoms with van der Waals surface area (Å²) in [5.74, 6) is 0. The zero-order valence-electron chi connectivity index (χ0n) is 24.8. The predicted molar refractivity (Wildman–Crippen MR) is 184 cm³/mol. The Morgan fingerprint density at radius 1 is 0.761 bits per heavy atom. The maximum Gasteiger partial charge on any atom is 0.155 e. The van der Waals surface area contributed by atoms with E-state index in [4.69, 9.17) is 69.6 Å². The highest BCUT2D eigenvalue weighted by Crippen LogP contribution is 2.35. The molecule has 1 atom stereocenters. The number of aryl methyl sites for hydroxylation is 4. The molecule has 10 nitrogen and oxygen atoms in total. The van der Waals surface area contributed by atoms with Gasteiger partial charge >= 0.3 is 0 Å². The number of fused-ring (bicyclic) bond motifs is 2. The molecule has 16 heteroatoms. The van der Waals surface area contributed by atoms with Gasteiger partial charge in [-0.25, -0.2) is 15.0 Å². The molecule has 4 aromatic heterocycles. The second-order valence-corrected chi connectivity index (χ2v) is 11.9. The number of carbonyl (C=O) groups is 1. The van der Waals surface area contributed by atoms with Crippen molar-refractivity contribution in [2.24, 2.45) is 0 Å². The van der Waals surface area contributed by atoms with Crippen LogP contribution in [0.15, 0.2) is 42.9 Å². The standard InChI is InChI=1S/C15H13Cl3N4O.C10H9ClN2O.C5H4Cl2N2/c1-3-22-6-9-10(21-22)5-4-8(11(9)16)13(23)12-15(18)20-14(17)7(2)19-12;1-2-13-5-8-9(12-13)4-3-7(6-14)10(8)11;1-3-5(7)9-4(6)2-8-3/h4-6,13,23H,3H2,1-2H3;3-6H,2H2,1H3;2H,1H3. The molecule has 0 amide bonds. The van der Waals surface area contributed by atoms with Crippen LogP contribution in [-0.4, -0.2) is 50.9 Å². The summed E-state index contributed by atoms with van der Waals surface area (Å²) in [7, 11) is 0. The fourth-order valence-corrected chi connectivity index (χ4v) is 5.39. The summed E-state index contributed by atoms with van der Waals surface area (Å²) in [5, 5.41) is 22.8. The van der Waals surface area contributed by atoms with E-state index in [1.54, 1.807) is 47.5 Å². The summed E-state index contributed by atoms with van der Waals surface area (Å²) in [4.78, 5) is 26.4. The van der Waals surface area contributed by atoms with Crippen LogP contribution in [0.5, 0.6) is 0 Å². The first-order valence-corrected chi connectivity index (χ1v) is 15.9. The van der Waals surface area contributed by atoms with E-state index >= 15 is 0 Å². The lowest BCUT2D eigenvalue weighted by molar-refractivity contribution is 0.112. The van der Waals surface area contributed by atoms with Crippen LogP contribution in [0.4, 0.5) is 0 Å². The smallest absolute Gasteiger partial charge is 0.155 e. The second kappa shape index (κ2) is 15.7. The van der Waals surface area contributed by atoms with Crippen LogP contribution in [0.1, 0.15) is 53.0 Å². The van der Waals surface area contributed by atoms with Crippen molar-refractivity contribution in [3.05, 3.63) is 102 Å². The highest BCUT2D eigenvalue weighted by molar-refractivity contribution is 6.38. The van der Waals surface area contributed by atoms with Gasteiger partial charge in [-0.2, -0.15) is 10.2 Å². The minimum atomic E-state index is -1.10. The number of aliphatic hydroxyl groups is 1. The van der Waals surface area contributed by atoms with Crippen molar-refractivity contribution in [2.45, 2.75) is 46.9 Å². The van der Waals surface area contributed by atoms with E-state index < -0.39 is 6.10 Å². The Morgan fingerprint density at radius 2 is 1.33 bits per heavy atom. The fourth-order valence-electron chi connectivity index (χ4n) is 4.10. The number of hydrogen-bond acceptors (Lipinski definition) is 8. The molecule has 4 heterocycles. The Morgan fingerprint density at radius 3 is 1.87 bits per heavy atom. The van der Waals surface area contributed by atoms with E-state index in [1.807, 2.05) is 26.2 Å². The summed E-state index contributed by atoms with van der Waals surface area (Å²) in [6.07, 6.45) is 4.81. The van der Waals surface area contributed by atoms with Crippen LogP contribution < -0.4 is 0 Å². The quantitative estimate of drug-likeness (QED) is 0.174. The topological polar surface area (TPSA) is 124 Å². The molecule has 6 aromatic rings. The van der Waals surface area contributed by atoms with Gasteiger partial charge in [0.1, 0.15) is 17.0 Å². The van der Waals surface area contributed by atoms with E-state index in [2.05, 4.69) is 30.1 Å². The Bertz CT molecular complexity index is 2030. The van der Waals surface area contributed by atoms with Crippen molar-refractivity contribution in [3.8, 4) is 0 Å². The molecular formula is C30H26Cl6N8O2. The number of aliphatic hydroxyl groups excluding tert-OH is 1. The first kappa shape index (κ1) is 35.8. The van der Waals surface area contributed by atoms with Crippen LogP contribution in [0.2, 0.25) is 30.7 Å². The second-order valence-electron chi connectivity index (χ2n) is 9.64. The molecule has 0 saturated heterocycles. The van der Waals surface area contributed by atoms with Crippen molar-refractivity contribution >= 4 is 97.7 Å². The Hall–Kier alpha value is -3.09. The molecule has 0 radical (unpaired) electrons. The average molecular weight is 743 g/mol. The Kier molecular flexibility index (Phi) is 12.2. The van der Waals surface area contributed by atoms with Crippen molar-refractivity contribution in [1.82, 2.24) is 39.5 Å². The summed E-state index contributed by atoms with van der Waals surface area (Å²) < 4.78 is 3.58. The first-order chi connectivity index (χ1) is 21.9. The average Bonchev–Trinajstić information content (AvgIpc) is 3.67. The van der Waals surface area contributed by atoms with E-state index in [9.17, 15) is 9.90 Å². The van der Waals surface area contributed by atoms with Gasteiger partial charge in [0.25, 0.3) is 0 Å². The van der Waals surface area contributed by atoms with Crippen molar-refractivity contribution in [1.29, 1.82) is 0 Å². The maximum atomic E-state index is 10.7. The molecule has 0 aliphatic carbocycles. The summed E-state index contributed by atoms with van der Waals surface area (Å²) >= 11 is 35.4. The third kappa shape index (κ3) is 8.06. The van der Waals surface area contributed by atoms with Gasteiger partial charge in [-0.05, 0) is 45.9 Å². The van der Waals surface area contributed by atoms with Gasteiger partial charge < -0.3 is 5.11 Å². The Balaban J connectivity index is 0.000000176. The molecule has 1 N–H and O–H groups in total. The normalized spacial score (nSPS) is 11.5. The predicted octanol–water partition coefficient (Wildman–Crippen LogP) is 8.81. The highest BCUT2D eigenvalue weighted by Gasteiger charge is 2.22. The Labute approximate surface area is 294 Å². The van der Waals surface area contributed by atoms with Gasteiger partial charge in [0.15, 0.2) is 21.7 Å². The number of halogens is 6. The molecule has 46 heavy (non-hydrogen) atoms.